The molecule has 0 aliphatic carbocycles. The Kier molecular flexibility index (Phi) is 4.16. The second-order valence-corrected chi connectivity index (χ2v) is 4.85. The molecular formula is C17H21N. The smallest absolute Gasteiger partial charge is 0.0102 e. The van der Waals surface area contributed by atoms with Crippen LogP contribution >= 0.6 is 0 Å². The minimum absolute atomic E-state index is 0.493. The van der Waals surface area contributed by atoms with E-state index >= 15 is 0 Å². The average Bonchev–Trinajstić information content (AvgIpc) is 2.47. The van der Waals surface area contributed by atoms with Crippen LogP contribution in [0.5, 0.6) is 0 Å². The van der Waals surface area contributed by atoms with Crippen LogP contribution in [0.2, 0.25) is 0 Å². The van der Waals surface area contributed by atoms with E-state index in [4.69, 9.17) is 0 Å². The number of hydrogen-bond acceptors (Lipinski definition) is 1. The molecular weight excluding hydrogens is 218 g/mol. The molecule has 0 saturated carbocycles. The molecule has 18 heavy (non-hydrogen) atoms. The van der Waals surface area contributed by atoms with Crippen molar-refractivity contribution in [3.8, 4) is 11.1 Å². The summed E-state index contributed by atoms with van der Waals surface area (Å²) in [6.07, 6.45) is 0. The largest absolute Gasteiger partial charge is 0.317 e. The highest BCUT2D eigenvalue weighted by molar-refractivity contribution is 5.63. The summed E-state index contributed by atoms with van der Waals surface area (Å²) in [7, 11) is 2.01. The Morgan fingerprint density at radius 2 is 1.33 bits per heavy atom. The van der Waals surface area contributed by atoms with Gasteiger partial charge in [-0.15, -0.1) is 0 Å². The lowest BCUT2D eigenvalue weighted by Crippen LogP contribution is -2.27. The van der Waals surface area contributed by atoms with Gasteiger partial charge in [0.05, 0.1) is 0 Å². The van der Waals surface area contributed by atoms with E-state index in [1.54, 1.807) is 0 Å². The first kappa shape index (κ1) is 12.8. The van der Waals surface area contributed by atoms with Gasteiger partial charge in [-0.1, -0.05) is 61.5 Å². The molecule has 1 nitrogen and oxygen atoms in total. The van der Waals surface area contributed by atoms with Crippen LogP contribution in [0.3, 0.4) is 0 Å². The summed E-state index contributed by atoms with van der Waals surface area (Å²) < 4.78 is 0. The van der Waals surface area contributed by atoms with Crippen LogP contribution < -0.4 is 5.32 Å². The molecule has 0 aliphatic rings. The van der Waals surface area contributed by atoms with Gasteiger partial charge >= 0.3 is 0 Å². The summed E-state index contributed by atoms with van der Waals surface area (Å²) in [5, 5.41) is 3.31. The van der Waals surface area contributed by atoms with Crippen LogP contribution in [0.25, 0.3) is 11.1 Å². The van der Waals surface area contributed by atoms with Crippen molar-refractivity contribution in [2.45, 2.75) is 25.8 Å². The Bertz CT molecular complexity index is 473. The molecule has 2 unspecified atom stereocenters. The Morgan fingerprint density at radius 3 is 1.89 bits per heavy atom. The molecule has 0 heterocycles. The molecule has 0 aromatic heterocycles. The van der Waals surface area contributed by atoms with Gasteiger partial charge in [-0.05, 0) is 36.6 Å². The van der Waals surface area contributed by atoms with E-state index in [0.717, 1.165) is 0 Å². The van der Waals surface area contributed by atoms with Gasteiger partial charge in [-0.2, -0.15) is 0 Å². The van der Waals surface area contributed by atoms with E-state index in [1.165, 1.54) is 16.7 Å². The molecule has 2 aromatic rings. The second kappa shape index (κ2) is 5.83. The fourth-order valence-electron chi connectivity index (χ4n) is 2.15. The summed E-state index contributed by atoms with van der Waals surface area (Å²) >= 11 is 0. The van der Waals surface area contributed by atoms with Gasteiger partial charge in [0.15, 0.2) is 0 Å². The lowest BCUT2D eigenvalue weighted by atomic mass is 9.93. The molecule has 2 rings (SSSR count). The van der Waals surface area contributed by atoms with Crippen molar-refractivity contribution in [2.75, 3.05) is 7.05 Å². The van der Waals surface area contributed by atoms with Crippen molar-refractivity contribution >= 4 is 0 Å². The molecule has 0 bridgehead atoms. The SMILES string of the molecule is CNC(C)C(C)c1ccc(-c2ccccc2)cc1. The number of benzene rings is 2. The number of likely N-dealkylation sites (N-methyl/N-ethyl adjacent to an activating group) is 1. The zero-order chi connectivity index (χ0) is 13.0. The summed E-state index contributed by atoms with van der Waals surface area (Å²) in [5.41, 5.74) is 3.94. The van der Waals surface area contributed by atoms with E-state index in [9.17, 15) is 0 Å². The third kappa shape index (κ3) is 2.80. The predicted molar refractivity (Wildman–Crippen MR) is 78.8 cm³/mol. The van der Waals surface area contributed by atoms with Gasteiger partial charge in [0.2, 0.25) is 0 Å². The molecule has 0 fully saturated rings. The van der Waals surface area contributed by atoms with Gasteiger partial charge in [0, 0.05) is 6.04 Å². The fourth-order valence-corrected chi connectivity index (χ4v) is 2.15. The normalized spacial score (nSPS) is 14.2. The van der Waals surface area contributed by atoms with Crippen LogP contribution in [-0.4, -0.2) is 13.1 Å². The molecule has 1 N–H and O–H groups in total. The van der Waals surface area contributed by atoms with Gasteiger partial charge in [-0.25, -0.2) is 0 Å². The monoisotopic (exact) mass is 239 g/mol. The van der Waals surface area contributed by atoms with Crippen LogP contribution in [0.1, 0.15) is 25.3 Å². The first-order valence-electron chi connectivity index (χ1n) is 6.55. The highest BCUT2D eigenvalue weighted by Gasteiger charge is 2.12. The van der Waals surface area contributed by atoms with E-state index < -0.39 is 0 Å². The van der Waals surface area contributed by atoms with Gasteiger partial charge < -0.3 is 5.32 Å². The molecule has 2 atom stereocenters. The van der Waals surface area contributed by atoms with E-state index in [2.05, 4.69) is 73.8 Å². The van der Waals surface area contributed by atoms with Crippen LogP contribution in [0.15, 0.2) is 54.6 Å². The third-order valence-corrected chi connectivity index (χ3v) is 3.75. The molecule has 0 amide bonds. The lowest BCUT2D eigenvalue weighted by molar-refractivity contribution is 0.524. The van der Waals surface area contributed by atoms with E-state index in [1.807, 2.05) is 7.05 Å². The zero-order valence-electron chi connectivity index (χ0n) is 11.4. The minimum Gasteiger partial charge on any atom is -0.317 e. The van der Waals surface area contributed by atoms with E-state index in [0.29, 0.717) is 12.0 Å². The topological polar surface area (TPSA) is 12.0 Å². The molecule has 2 aromatic carbocycles. The van der Waals surface area contributed by atoms with Crippen molar-refractivity contribution in [2.24, 2.45) is 0 Å². The highest BCUT2D eigenvalue weighted by atomic mass is 14.9. The van der Waals surface area contributed by atoms with Gasteiger partial charge in [0.1, 0.15) is 0 Å². The summed E-state index contributed by atoms with van der Waals surface area (Å²) in [6.45, 7) is 4.48. The van der Waals surface area contributed by atoms with Crippen molar-refractivity contribution in [3.05, 3.63) is 60.2 Å². The lowest BCUT2D eigenvalue weighted by Gasteiger charge is -2.19. The second-order valence-electron chi connectivity index (χ2n) is 4.85. The van der Waals surface area contributed by atoms with Crippen LogP contribution in [0.4, 0.5) is 0 Å². The van der Waals surface area contributed by atoms with Crippen molar-refractivity contribution in [1.29, 1.82) is 0 Å². The molecule has 0 aliphatic heterocycles. The maximum absolute atomic E-state index is 3.31. The summed E-state index contributed by atoms with van der Waals surface area (Å²) in [5.74, 6) is 0.528. The standard InChI is InChI=1S/C17H21N/c1-13(14(2)18-3)15-9-11-17(12-10-15)16-7-5-4-6-8-16/h4-14,18H,1-3H3. The summed E-state index contributed by atoms with van der Waals surface area (Å²) in [4.78, 5) is 0. The average molecular weight is 239 g/mol. The van der Waals surface area contributed by atoms with Crippen LogP contribution in [-0.2, 0) is 0 Å². The Morgan fingerprint density at radius 1 is 0.778 bits per heavy atom. The quantitative estimate of drug-likeness (QED) is 0.848. The molecule has 1 heteroatoms. The van der Waals surface area contributed by atoms with Crippen molar-refractivity contribution in [1.82, 2.24) is 5.32 Å². The highest BCUT2D eigenvalue weighted by Crippen LogP contribution is 2.24. The Hall–Kier alpha value is -1.60. The summed E-state index contributed by atoms with van der Waals surface area (Å²) in [6, 6.07) is 19.9. The van der Waals surface area contributed by atoms with Gasteiger partial charge in [0.25, 0.3) is 0 Å². The maximum Gasteiger partial charge on any atom is 0.0102 e. The van der Waals surface area contributed by atoms with E-state index in [-0.39, 0.29) is 0 Å². The minimum atomic E-state index is 0.493. The molecule has 0 saturated heterocycles. The first-order valence-corrected chi connectivity index (χ1v) is 6.55. The Labute approximate surface area is 110 Å². The first-order chi connectivity index (χ1) is 8.72. The van der Waals surface area contributed by atoms with Crippen molar-refractivity contribution in [3.63, 3.8) is 0 Å². The Balaban J connectivity index is 2.20. The number of hydrogen-bond donors (Lipinski definition) is 1. The number of rotatable bonds is 4. The third-order valence-electron chi connectivity index (χ3n) is 3.75. The predicted octanol–water partition coefficient (Wildman–Crippen LogP) is 4.07. The molecule has 0 radical (unpaired) electrons. The fraction of sp³-hybridized carbons (Fsp3) is 0.294. The van der Waals surface area contributed by atoms with Gasteiger partial charge in [-0.3, -0.25) is 0 Å². The van der Waals surface area contributed by atoms with Crippen molar-refractivity contribution < 1.29 is 0 Å². The zero-order valence-corrected chi connectivity index (χ0v) is 11.4. The van der Waals surface area contributed by atoms with Crippen LogP contribution in [0, 0.1) is 0 Å². The molecule has 94 valence electrons. The maximum atomic E-state index is 3.31. The molecule has 0 spiro atoms. The number of nitrogens with one attached hydrogen (secondary N) is 1.